The van der Waals surface area contributed by atoms with Crippen LogP contribution in [0.3, 0.4) is 0 Å². The van der Waals surface area contributed by atoms with Crippen LogP contribution in [-0.2, 0) is 9.59 Å². The Morgan fingerprint density at radius 1 is 1.30 bits per heavy atom. The second-order valence-electron chi connectivity index (χ2n) is 5.23. The van der Waals surface area contributed by atoms with Gasteiger partial charge in [-0.25, -0.2) is 0 Å². The molecule has 1 aromatic rings. The molecule has 6 nitrogen and oxygen atoms in total. The van der Waals surface area contributed by atoms with E-state index in [2.05, 4.69) is 10.6 Å². The maximum Gasteiger partial charge on any atom is 0.239 e. The highest BCUT2D eigenvalue weighted by atomic mass is 16.3. The number of amides is 2. The molecule has 0 aliphatic carbocycles. The third-order valence-corrected chi connectivity index (χ3v) is 3.01. The molecule has 1 unspecified atom stereocenters. The van der Waals surface area contributed by atoms with Crippen LogP contribution in [0, 0.1) is 12.8 Å². The summed E-state index contributed by atoms with van der Waals surface area (Å²) in [4.78, 5) is 23.3. The predicted octanol–water partition coefficient (Wildman–Crippen LogP) is 0.865. The van der Waals surface area contributed by atoms with Gasteiger partial charge in [0, 0.05) is 0 Å². The van der Waals surface area contributed by atoms with Crippen molar-refractivity contribution in [3.63, 3.8) is 0 Å². The summed E-state index contributed by atoms with van der Waals surface area (Å²) in [6.45, 7) is 7.27. The van der Waals surface area contributed by atoms with Gasteiger partial charge in [-0.05, 0) is 31.9 Å². The minimum atomic E-state index is -0.604. The van der Waals surface area contributed by atoms with Gasteiger partial charge in [-0.1, -0.05) is 13.8 Å². The van der Waals surface area contributed by atoms with Gasteiger partial charge in [-0.3, -0.25) is 9.59 Å². The number of rotatable bonds is 6. The summed E-state index contributed by atoms with van der Waals surface area (Å²) in [6.07, 6.45) is 0. The van der Waals surface area contributed by atoms with E-state index in [1.807, 2.05) is 39.8 Å². The molecule has 1 rings (SSSR count). The zero-order valence-corrected chi connectivity index (χ0v) is 12.4. The molecular formula is C14H23N3O3. The Bertz CT molecular complexity index is 468. The highest BCUT2D eigenvalue weighted by Crippen LogP contribution is 2.15. The van der Waals surface area contributed by atoms with E-state index in [0.717, 1.165) is 5.76 Å². The molecule has 2 atom stereocenters. The van der Waals surface area contributed by atoms with Gasteiger partial charge < -0.3 is 20.8 Å². The Hall–Kier alpha value is -1.82. The number of hydrogen-bond acceptors (Lipinski definition) is 4. The zero-order valence-electron chi connectivity index (χ0n) is 12.4. The van der Waals surface area contributed by atoms with Crippen LogP contribution < -0.4 is 16.4 Å². The van der Waals surface area contributed by atoms with Gasteiger partial charge in [0.05, 0.1) is 18.6 Å². The van der Waals surface area contributed by atoms with Crippen molar-refractivity contribution in [3.8, 4) is 0 Å². The van der Waals surface area contributed by atoms with E-state index in [-0.39, 0.29) is 30.3 Å². The first kappa shape index (κ1) is 16.2. The van der Waals surface area contributed by atoms with Crippen LogP contribution in [0.5, 0.6) is 0 Å². The van der Waals surface area contributed by atoms with Gasteiger partial charge in [0.25, 0.3) is 0 Å². The number of hydrogen-bond donors (Lipinski definition) is 3. The van der Waals surface area contributed by atoms with Crippen molar-refractivity contribution in [2.45, 2.75) is 39.8 Å². The summed E-state index contributed by atoms with van der Waals surface area (Å²) in [5.74, 6) is 0.897. The smallest absolute Gasteiger partial charge is 0.239 e. The highest BCUT2D eigenvalue weighted by molar-refractivity contribution is 5.87. The first-order chi connectivity index (χ1) is 9.31. The van der Waals surface area contributed by atoms with Crippen molar-refractivity contribution in [2.75, 3.05) is 6.54 Å². The minimum absolute atomic E-state index is 0.0306. The van der Waals surface area contributed by atoms with Crippen LogP contribution in [0.1, 0.15) is 38.3 Å². The van der Waals surface area contributed by atoms with Gasteiger partial charge in [-0.15, -0.1) is 0 Å². The number of nitrogens with one attached hydrogen (secondary N) is 2. The first-order valence-electron chi connectivity index (χ1n) is 6.70. The number of nitrogens with two attached hydrogens (primary N) is 1. The lowest BCUT2D eigenvalue weighted by atomic mass is 10.1. The quantitative estimate of drug-likeness (QED) is 0.720. The van der Waals surface area contributed by atoms with Crippen molar-refractivity contribution < 1.29 is 14.0 Å². The third kappa shape index (κ3) is 4.70. The Balaban J connectivity index is 2.39. The molecule has 0 aromatic carbocycles. The average Bonchev–Trinajstić information content (AvgIpc) is 2.81. The molecule has 6 heteroatoms. The molecule has 4 N–H and O–H groups in total. The largest absolute Gasteiger partial charge is 0.464 e. The summed E-state index contributed by atoms with van der Waals surface area (Å²) in [5.41, 5.74) is 5.68. The monoisotopic (exact) mass is 281 g/mol. The minimum Gasteiger partial charge on any atom is -0.464 e. The first-order valence-corrected chi connectivity index (χ1v) is 6.70. The number of aryl methyl sites for hydroxylation is 1. The van der Waals surface area contributed by atoms with E-state index in [1.165, 1.54) is 0 Å². The van der Waals surface area contributed by atoms with E-state index in [4.69, 9.17) is 10.2 Å². The van der Waals surface area contributed by atoms with Gasteiger partial charge >= 0.3 is 0 Å². The second-order valence-corrected chi connectivity index (χ2v) is 5.23. The lowest BCUT2D eigenvalue weighted by Crippen LogP contribution is -2.47. The molecule has 0 bridgehead atoms. The number of furan rings is 1. The topological polar surface area (TPSA) is 97.4 Å². The Morgan fingerprint density at radius 3 is 2.45 bits per heavy atom. The van der Waals surface area contributed by atoms with E-state index < -0.39 is 6.04 Å². The molecule has 1 heterocycles. The Kier molecular flexibility index (Phi) is 5.76. The standard InChI is InChI=1S/C14H23N3O3/c1-8(2)13(15)14(19)16-7-12(18)17-10(4)11-6-5-9(3)20-11/h5-6,8,10,13H,7,15H2,1-4H3,(H,16,19)(H,17,18)/t10?,13-/m0/s1. The van der Waals surface area contributed by atoms with Crippen molar-refractivity contribution in [3.05, 3.63) is 23.7 Å². The summed E-state index contributed by atoms with van der Waals surface area (Å²) in [5, 5.41) is 5.26. The molecule has 20 heavy (non-hydrogen) atoms. The van der Waals surface area contributed by atoms with Gasteiger partial charge in [0.15, 0.2) is 0 Å². The number of carbonyl (C=O) groups excluding carboxylic acids is 2. The summed E-state index contributed by atoms with van der Waals surface area (Å²) < 4.78 is 5.42. The molecule has 0 radical (unpaired) electrons. The van der Waals surface area contributed by atoms with Crippen LogP contribution in [0.2, 0.25) is 0 Å². The fourth-order valence-corrected chi connectivity index (χ4v) is 1.64. The zero-order chi connectivity index (χ0) is 15.3. The Labute approximate surface area is 119 Å². The second kappa shape index (κ2) is 7.09. The molecule has 112 valence electrons. The maximum atomic E-state index is 11.7. The fourth-order valence-electron chi connectivity index (χ4n) is 1.64. The molecular weight excluding hydrogens is 258 g/mol. The van der Waals surface area contributed by atoms with E-state index in [9.17, 15) is 9.59 Å². The van der Waals surface area contributed by atoms with Crippen LogP contribution in [0.15, 0.2) is 16.5 Å². The average molecular weight is 281 g/mol. The van der Waals surface area contributed by atoms with Crippen LogP contribution in [0.4, 0.5) is 0 Å². The number of carbonyl (C=O) groups is 2. The molecule has 0 saturated heterocycles. The van der Waals surface area contributed by atoms with Crippen molar-refractivity contribution in [1.29, 1.82) is 0 Å². The molecule has 0 spiro atoms. The van der Waals surface area contributed by atoms with Crippen LogP contribution in [0.25, 0.3) is 0 Å². The lowest BCUT2D eigenvalue weighted by Gasteiger charge is -2.16. The van der Waals surface area contributed by atoms with Crippen molar-refractivity contribution in [1.82, 2.24) is 10.6 Å². The van der Waals surface area contributed by atoms with Gasteiger partial charge in [-0.2, -0.15) is 0 Å². The third-order valence-electron chi connectivity index (χ3n) is 3.01. The van der Waals surface area contributed by atoms with Crippen LogP contribution in [-0.4, -0.2) is 24.4 Å². The fraction of sp³-hybridized carbons (Fsp3) is 0.571. The molecule has 0 saturated carbocycles. The lowest BCUT2D eigenvalue weighted by molar-refractivity contribution is -0.127. The van der Waals surface area contributed by atoms with E-state index in [1.54, 1.807) is 0 Å². The SMILES string of the molecule is Cc1ccc(C(C)NC(=O)CNC(=O)[C@@H](N)C(C)C)o1. The molecule has 0 aliphatic rings. The molecule has 1 aromatic heterocycles. The summed E-state index contributed by atoms with van der Waals surface area (Å²) >= 11 is 0. The van der Waals surface area contributed by atoms with Gasteiger partial charge in [0.1, 0.15) is 11.5 Å². The Morgan fingerprint density at radius 2 is 1.95 bits per heavy atom. The highest BCUT2D eigenvalue weighted by Gasteiger charge is 2.18. The normalized spacial score (nSPS) is 13.9. The van der Waals surface area contributed by atoms with Gasteiger partial charge in [0.2, 0.25) is 11.8 Å². The van der Waals surface area contributed by atoms with Crippen molar-refractivity contribution >= 4 is 11.8 Å². The van der Waals surface area contributed by atoms with Crippen molar-refractivity contribution in [2.24, 2.45) is 11.7 Å². The van der Waals surface area contributed by atoms with Crippen LogP contribution >= 0.6 is 0 Å². The molecule has 0 aliphatic heterocycles. The molecule has 0 fully saturated rings. The van der Waals surface area contributed by atoms with E-state index in [0.29, 0.717) is 5.76 Å². The van der Waals surface area contributed by atoms with E-state index >= 15 is 0 Å². The predicted molar refractivity (Wildman–Crippen MR) is 75.8 cm³/mol. The summed E-state index contributed by atoms with van der Waals surface area (Å²) in [7, 11) is 0. The summed E-state index contributed by atoms with van der Waals surface area (Å²) in [6, 6.07) is 2.80. The molecule has 2 amide bonds. The maximum absolute atomic E-state index is 11.7.